The maximum absolute atomic E-state index is 12.7. The summed E-state index contributed by atoms with van der Waals surface area (Å²) in [4.78, 5) is 23.8. The molecule has 8 heteroatoms. The van der Waals surface area contributed by atoms with Crippen LogP contribution in [0, 0.1) is 6.92 Å². The molecule has 1 fully saturated rings. The molecule has 3 aromatic rings. The van der Waals surface area contributed by atoms with E-state index in [0.29, 0.717) is 24.4 Å². The Labute approximate surface area is 161 Å². The third-order valence-electron chi connectivity index (χ3n) is 4.49. The van der Waals surface area contributed by atoms with Crippen LogP contribution >= 0.6 is 0 Å². The minimum atomic E-state index is -0.419. The van der Waals surface area contributed by atoms with Crippen molar-refractivity contribution in [1.29, 1.82) is 0 Å². The van der Waals surface area contributed by atoms with Gasteiger partial charge < -0.3 is 15.4 Å². The highest BCUT2D eigenvalue weighted by Gasteiger charge is 2.23. The zero-order valence-electron chi connectivity index (χ0n) is 15.3. The molecular weight excluding hydrogens is 358 g/mol. The van der Waals surface area contributed by atoms with Gasteiger partial charge in [-0.05, 0) is 30.7 Å². The number of alkyl carbamates (subject to hydrolysis) is 1. The molecule has 1 aliphatic heterocycles. The number of benzene rings is 2. The predicted molar refractivity (Wildman–Crippen MR) is 103 cm³/mol. The van der Waals surface area contributed by atoms with Crippen LogP contribution in [0.15, 0.2) is 54.7 Å². The summed E-state index contributed by atoms with van der Waals surface area (Å²) >= 11 is 0. The first-order valence-corrected chi connectivity index (χ1v) is 8.89. The van der Waals surface area contributed by atoms with E-state index < -0.39 is 6.09 Å². The average molecular weight is 377 g/mol. The third kappa shape index (κ3) is 3.85. The average Bonchev–Trinajstić information content (AvgIpc) is 3.32. The predicted octanol–water partition coefficient (Wildman–Crippen LogP) is 2.61. The number of ether oxygens (including phenoxy) is 1. The maximum Gasteiger partial charge on any atom is 0.407 e. The number of para-hydroxylation sites is 1. The Morgan fingerprint density at radius 1 is 1.29 bits per heavy atom. The molecule has 1 aliphatic rings. The number of hydrogen-bond donors (Lipinski definition) is 2. The molecule has 142 valence electrons. The lowest BCUT2D eigenvalue weighted by Gasteiger charge is -2.09. The van der Waals surface area contributed by atoms with E-state index in [1.165, 1.54) is 0 Å². The van der Waals surface area contributed by atoms with Gasteiger partial charge in [0, 0.05) is 16.8 Å². The molecule has 0 spiro atoms. The van der Waals surface area contributed by atoms with Crippen LogP contribution in [-0.4, -0.2) is 39.6 Å². The van der Waals surface area contributed by atoms with Gasteiger partial charge in [-0.15, -0.1) is 5.10 Å². The van der Waals surface area contributed by atoms with Crippen molar-refractivity contribution >= 4 is 17.7 Å². The second-order valence-electron chi connectivity index (χ2n) is 6.62. The minimum Gasteiger partial charge on any atom is -0.447 e. The Bertz CT molecular complexity index is 1020. The normalized spacial score (nSPS) is 15.8. The molecule has 0 aliphatic carbocycles. The summed E-state index contributed by atoms with van der Waals surface area (Å²) in [5, 5.41) is 13.9. The van der Waals surface area contributed by atoms with Crippen molar-refractivity contribution in [2.24, 2.45) is 0 Å². The van der Waals surface area contributed by atoms with E-state index >= 15 is 0 Å². The van der Waals surface area contributed by atoms with Gasteiger partial charge in [0.25, 0.3) is 5.91 Å². The van der Waals surface area contributed by atoms with Gasteiger partial charge in [-0.25, -0.2) is 9.48 Å². The number of hydrogen-bond acceptors (Lipinski definition) is 5. The summed E-state index contributed by atoms with van der Waals surface area (Å²) in [7, 11) is 0. The number of anilines is 1. The van der Waals surface area contributed by atoms with Gasteiger partial charge in [0.2, 0.25) is 0 Å². The molecular formula is C20H19N5O3. The third-order valence-corrected chi connectivity index (χ3v) is 4.49. The van der Waals surface area contributed by atoms with Crippen molar-refractivity contribution < 1.29 is 14.3 Å². The molecule has 0 saturated carbocycles. The number of carbonyl (C=O) groups is 2. The molecule has 2 aromatic carbocycles. The molecule has 8 nitrogen and oxygen atoms in total. The summed E-state index contributed by atoms with van der Waals surface area (Å²) in [5.74, 6) is -0.177. The topological polar surface area (TPSA) is 98.1 Å². The molecule has 1 unspecified atom stereocenters. The van der Waals surface area contributed by atoms with Gasteiger partial charge in [-0.1, -0.05) is 35.5 Å². The molecule has 4 rings (SSSR count). The van der Waals surface area contributed by atoms with E-state index in [-0.39, 0.29) is 11.9 Å². The van der Waals surface area contributed by atoms with E-state index in [4.69, 9.17) is 4.74 Å². The van der Waals surface area contributed by atoms with E-state index in [2.05, 4.69) is 20.9 Å². The van der Waals surface area contributed by atoms with Crippen molar-refractivity contribution in [1.82, 2.24) is 20.3 Å². The Morgan fingerprint density at radius 2 is 2.11 bits per heavy atom. The number of nitrogens with one attached hydrogen (secondary N) is 2. The summed E-state index contributed by atoms with van der Waals surface area (Å²) in [6.45, 7) is 2.66. The lowest BCUT2D eigenvalue weighted by atomic mass is 10.0. The number of amides is 2. The van der Waals surface area contributed by atoms with Crippen LogP contribution in [-0.2, 0) is 11.3 Å². The molecule has 1 saturated heterocycles. The zero-order valence-corrected chi connectivity index (χ0v) is 15.3. The quantitative estimate of drug-likeness (QED) is 0.712. The highest BCUT2D eigenvalue weighted by molar-refractivity contribution is 6.05. The monoisotopic (exact) mass is 377 g/mol. The highest BCUT2D eigenvalue weighted by Crippen LogP contribution is 2.21. The van der Waals surface area contributed by atoms with Crippen LogP contribution in [0.4, 0.5) is 10.5 Å². The van der Waals surface area contributed by atoms with Crippen LogP contribution in [0.1, 0.15) is 15.9 Å². The lowest BCUT2D eigenvalue weighted by molar-refractivity contribution is 0.102. The molecule has 0 bridgehead atoms. The number of aryl methyl sites for hydroxylation is 1. The summed E-state index contributed by atoms with van der Waals surface area (Å²) < 4.78 is 6.53. The Balaban J connectivity index is 1.52. The SMILES string of the molecule is Cc1ccc(-c2cn(CC3COC(=O)N3)nn2)cc1C(=O)Nc1ccccc1. The van der Waals surface area contributed by atoms with Gasteiger partial charge in [-0.3, -0.25) is 4.79 Å². The molecule has 2 amide bonds. The van der Waals surface area contributed by atoms with Gasteiger partial charge in [0.1, 0.15) is 12.3 Å². The fourth-order valence-corrected chi connectivity index (χ4v) is 3.02. The van der Waals surface area contributed by atoms with Crippen LogP contribution in [0.5, 0.6) is 0 Å². The van der Waals surface area contributed by atoms with Crippen molar-refractivity contribution in [3.63, 3.8) is 0 Å². The lowest BCUT2D eigenvalue weighted by Crippen LogP contribution is -2.30. The zero-order chi connectivity index (χ0) is 19.5. The van der Waals surface area contributed by atoms with Gasteiger partial charge >= 0.3 is 6.09 Å². The fourth-order valence-electron chi connectivity index (χ4n) is 3.02. The fraction of sp³-hybridized carbons (Fsp3) is 0.200. The molecule has 2 heterocycles. The Kier molecular flexibility index (Phi) is 4.76. The first-order chi connectivity index (χ1) is 13.6. The minimum absolute atomic E-state index is 0.132. The van der Waals surface area contributed by atoms with Crippen LogP contribution < -0.4 is 10.6 Å². The van der Waals surface area contributed by atoms with E-state index in [0.717, 1.165) is 16.8 Å². The number of carbonyl (C=O) groups excluding carboxylic acids is 2. The summed E-state index contributed by atoms with van der Waals surface area (Å²) in [6, 6.07) is 14.8. The second-order valence-corrected chi connectivity index (χ2v) is 6.62. The molecule has 0 radical (unpaired) electrons. The Morgan fingerprint density at radius 3 is 2.86 bits per heavy atom. The van der Waals surface area contributed by atoms with E-state index in [1.807, 2.05) is 55.5 Å². The number of cyclic esters (lactones) is 1. The van der Waals surface area contributed by atoms with E-state index in [1.54, 1.807) is 10.9 Å². The molecule has 28 heavy (non-hydrogen) atoms. The van der Waals surface area contributed by atoms with Crippen molar-refractivity contribution in [3.8, 4) is 11.3 Å². The smallest absolute Gasteiger partial charge is 0.407 e. The van der Waals surface area contributed by atoms with Crippen molar-refractivity contribution in [2.45, 2.75) is 19.5 Å². The molecule has 2 N–H and O–H groups in total. The van der Waals surface area contributed by atoms with Gasteiger partial charge in [0.15, 0.2) is 0 Å². The van der Waals surface area contributed by atoms with Crippen LogP contribution in [0.2, 0.25) is 0 Å². The maximum atomic E-state index is 12.7. The highest BCUT2D eigenvalue weighted by atomic mass is 16.6. The van der Waals surface area contributed by atoms with Gasteiger partial charge in [0.05, 0.1) is 18.8 Å². The number of rotatable bonds is 5. The first-order valence-electron chi connectivity index (χ1n) is 8.89. The summed E-state index contributed by atoms with van der Waals surface area (Å²) in [6.07, 6.45) is 1.37. The van der Waals surface area contributed by atoms with Crippen molar-refractivity contribution in [3.05, 3.63) is 65.9 Å². The standard InChI is InChI=1S/C20H19N5O3/c1-13-7-8-14(9-17(13)19(26)21-15-5-3-2-4-6-15)18-11-25(24-23-18)10-16-12-28-20(27)22-16/h2-9,11,16H,10,12H2,1H3,(H,21,26)(H,22,27). The van der Waals surface area contributed by atoms with Crippen LogP contribution in [0.25, 0.3) is 11.3 Å². The number of nitrogens with zero attached hydrogens (tertiary/aromatic N) is 3. The molecule has 1 aromatic heterocycles. The second kappa shape index (κ2) is 7.51. The first kappa shape index (κ1) is 17.7. The Hall–Kier alpha value is -3.68. The van der Waals surface area contributed by atoms with Gasteiger partial charge in [-0.2, -0.15) is 0 Å². The summed E-state index contributed by atoms with van der Waals surface area (Å²) in [5.41, 5.74) is 3.63. The largest absolute Gasteiger partial charge is 0.447 e. The van der Waals surface area contributed by atoms with Crippen LogP contribution in [0.3, 0.4) is 0 Å². The van der Waals surface area contributed by atoms with E-state index in [9.17, 15) is 9.59 Å². The number of aromatic nitrogens is 3. The molecule has 1 atom stereocenters. The van der Waals surface area contributed by atoms with Crippen molar-refractivity contribution in [2.75, 3.05) is 11.9 Å².